The van der Waals surface area contributed by atoms with Gasteiger partial charge in [-0.1, -0.05) is 45.0 Å². The van der Waals surface area contributed by atoms with Crippen molar-refractivity contribution in [3.05, 3.63) is 57.8 Å². The third-order valence-corrected chi connectivity index (χ3v) is 4.97. The second kappa shape index (κ2) is 6.28. The molecule has 23 heavy (non-hydrogen) atoms. The molecule has 120 valence electrons. The number of nitrogens with zero attached hydrogens (tertiary/aromatic N) is 1. The number of hydrogen-bond acceptors (Lipinski definition) is 3. The van der Waals surface area contributed by atoms with Gasteiger partial charge in [-0.25, -0.2) is 5.43 Å². The largest absolute Gasteiger partial charge is 0.273 e. The SMILES string of the molecule is CC(C)(C)c1ccc([C@H]2C[C@@H]2C(=O)N/N=C\c2ccsc2)cc1. The molecule has 1 aliphatic carbocycles. The molecule has 2 aromatic rings. The van der Waals surface area contributed by atoms with Gasteiger partial charge in [-0.3, -0.25) is 4.79 Å². The lowest BCUT2D eigenvalue weighted by molar-refractivity contribution is -0.122. The van der Waals surface area contributed by atoms with Crippen LogP contribution in [0.15, 0.2) is 46.2 Å². The summed E-state index contributed by atoms with van der Waals surface area (Å²) in [6.07, 6.45) is 2.60. The molecule has 0 radical (unpaired) electrons. The van der Waals surface area contributed by atoms with Gasteiger partial charge in [0.2, 0.25) is 5.91 Å². The predicted molar refractivity (Wildman–Crippen MR) is 96.0 cm³/mol. The molecule has 3 rings (SSSR count). The molecule has 0 saturated heterocycles. The van der Waals surface area contributed by atoms with Gasteiger partial charge in [-0.15, -0.1) is 0 Å². The van der Waals surface area contributed by atoms with E-state index in [1.807, 2.05) is 16.8 Å². The summed E-state index contributed by atoms with van der Waals surface area (Å²) in [4.78, 5) is 12.1. The van der Waals surface area contributed by atoms with Crippen molar-refractivity contribution < 1.29 is 4.79 Å². The van der Waals surface area contributed by atoms with Gasteiger partial charge in [0.05, 0.1) is 6.21 Å². The van der Waals surface area contributed by atoms with Crippen LogP contribution in [0.5, 0.6) is 0 Å². The molecule has 1 amide bonds. The first-order valence-corrected chi connectivity index (χ1v) is 8.85. The first kappa shape index (κ1) is 15.9. The minimum Gasteiger partial charge on any atom is -0.273 e. The minimum atomic E-state index is 0.0152. The molecule has 0 aliphatic heterocycles. The zero-order chi connectivity index (χ0) is 16.4. The van der Waals surface area contributed by atoms with Gasteiger partial charge < -0.3 is 0 Å². The fourth-order valence-corrected chi connectivity index (χ4v) is 3.30. The van der Waals surface area contributed by atoms with Crippen LogP contribution in [0, 0.1) is 5.92 Å². The van der Waals surface area contributed by atoms with Crippen LogP contribution in [0.2, 0.25) is 0 Å². The average molecular weight is 326 g/mol. The minimum absolute atomic E-state index is 0.0152. The first-order valence-electron chi connectivity index (χ1n) is 7.91. The number of hydrogen-bond donors (Lipinski definition) is 1. The summed E-state index contributed by atoms with van der Waals surface area (Å²) >= 11 is 1.61. The van der Waals surface area contributed by atoms with Gasteiger partial charge in [-0.2, -0.15) is 16.4 Å². The average Bonchev–Trinajstić information content (AvgIpc) is 3.15. The van der Waals surface area contributed by atoms with Crippen molar-refractivity contribution in [1.29, 1.82) is 0 Å². The van der Waals surface area contributed by atoms with Crippen LogP contribution >= 0.6 is 11.3 Å². The monoisotopic (exact) mass is 326 g/mol. The molecule has 1 N–H and O–H groups in total. The van der Waals surface area contributed by atoms with Crippen LogP contribution in [0.4, 0.5) is 0 Å². The Morgan fingerprint density at radius 3 is 2.61 bits per heavy atom. The highest BCUT2D eigenvalue weighted by Crippen LogP contribution is 2.47. The van der Waals surface area contributed by atoms with E-state index < -0.39 is 0 Å². The van der Waals surface area contributed by atoms with E-state index >= 15 is 0 Å². The summed E-state index contributed by atoms with van der Waals surface area (Å²) in [5.74, 6) is 0.400. The topological polar surface area (TPSA) is 41.5 Å². The Morgan fingerprint density at radius 2 is 2.00 bits per heavy atom. The van der Waals surface area contributed by atoms with Crippen molar-refractivity contribution in [2.24, 2.45) is 11.0 Å². The highest BCUT2D eigenvalue weighted by atomic mass is 32.1. The van der Waals surface area contributed by atoms with Gasteiger partial charge in [-0.05, 0) is 45.7 Å². The Morgan fingerprint density at radius 1 is 1.26 bits per heavy atom. The van der Waals surface area contributed by atoms with E-state index in [9.17, 15) is 4.79 Å². The maximum atomic E-state index is 12.1. The number of carbonyl (C=O) groups excluding carboxylic acids is 1. The molecule has 2 atom stereocenters. The lowest BCUT2D eigenvalue weighted by atomic mass is 9.86. The highest BCUT2D eigenvalue weighted by molar-refractivity contribution is 7.08. The van der Waals surface area contributed by atoms with Crippen LogP contribution in [-0.2, 0) is 10.2 Å². The summed E-state index contributed by atoms with van der Waals surface area (Å²) < 4.78 is 0. The number of amides is 1. The van der Waals surface area contributed by atoms with Crippen molar-refractivity contribution in [3.8, 4) is 0 Å². The highest BCUT2D eigenvalue weighted by Gasteiger charge is 2.43. The Bertz CT molecular complexity index is 696. The molecule has 1 saturated carbocycles. The zero-order valence-corrected chi connectivity index (χ0v) is 14.6. The summed E-state index contributed by atoms with van der Waals surface area (Å²) in [5, 5.41) is 8.01. The molecule has 0 unspecified atom stereocenters. The fraction of sp³-hybridized carbons (Fsp3) is 0.368. The molecular weight excluding hydrogens is 304 g/mol. The quantitative estimate of drug-likeness (QED) is 0.660. The van der Waals surface area contributed by atoms with Gasteiger partial charge in [0.1, 0.15) is 0 Å². The second-order valence-electron chi connectivity index (χ2n) is 7.11. The van der Waals surface area contributed by atoms with E-state index in [0.717, 1.165) is 12.0 Å². The molecule has 0 spiro atoms. The summed E-state index contributed by atoms with van der Waals surface area (Å²) in [7, 11) is 0. The lowest BCUT2D eigenvalue weighted by Crippen LogP contribution is -2.20. The van der Waals surface area contributed by atoms with Crippen molar-refractivity contribution >= 4 is 23.5 Å². The lowest BCUT2D eigenvalue weighted by Gasteiger charge is -2.19. The van der Waals surface area contributed by atoms with Gasteiger partial charge >= 0.3 is 0 Å². The fourth-order valence-electron chi connectivity index (χ4n) is 2.69. The van der Waals surface area contributed by atoms with Gasteiger partial charge in [0.25, 0.3) is 0 Å². The summed E-state index contributed by atoms with van der Waals surface area (Å²) in [6, 6.07) is 10.6. The molecule has 1 aliphatic rings. The Balaban J connectivity index is 1.55. The molecule has 1 heterocycles. The van der Waals surface area contributed by atoms with E-state index in [2.05, 4.69) is 55.6 Å². The molecule has 1 aromatic heterocycles. The van der Waals surface area contributed by atoms with Crippen molar-refractivity contribution in [1.82, 2.24) is 5.43 Å². The molecular formula is C19H22N2OS. The van der Waals surface area contributed by atoms with Crippen LogP contribution in [0.1, 0.15) is 49.8 Å². The maximum Gasteiger partial charge on any atom is 0.243 e. The Hall–Kier alpha value is -1.94. The second-order valence-corrected chi connectivity index (χ2v) is 7.89. The smallest absolute Gasteiger partial charge is 0.243 e. The van der Waals surface area contributed by atoms with Crippen LogP contribution < -0.4 is 5.43 Å². The van der Waals surface area contributed by atoms with Crippen molar-refractivity contribution in [3.63, 3.8) is 0 Å². The third-order valence-electron chi connectivity index (χ3n) is 4.26. The molecule has 3 nitrogen and oxygen atoms in total. The molecule has 0 bridgehead atoms. The Kier molecular flexibility index (Phi) is 4.35. The van der Waals surface area contributed by atoms with Crippen molar-refractivity contribution in [2.75, 3.05) is 0 Å². The summed E-state index contributed by atoms with van der Waals surface area (Å²) in [6.45, 7) is 6.63. The predicted octanol–water partition coefficient (Wildman–Crippen LogP) is 4.30. The van der Waals surface area contributed by atoms with E-state index in [4.69, 9.17) is 0 Å². The van der Waals surface area contributed by atoms with Crippen LogP contribution in [0.25, 0.3) is 0 Å². The Labute approximate surface area is 141 Å². The maximum absolute atomic E-state index is 12.1. The number of thiophene rings is 1. The van der Waals surface area contributed by atoms with E-state index in [0.29, 0.717) is 5.92 Å². The molecule has 1 fully saturated rings. The number of rotatable bonds is 4. The van der Waals surface area contributed by atoms with Crippen LogP contribution in [-0.4, -0.2) is 12.1 Å². The zero-order valence-electron chi connectivity index (χ0n) is 13.7. The number of hydrazone groups is 1. The van der Waals surface area contributed by atoms with E-state index in [-0.39, 0.29) is 17.2 Å². The molecule has 4 heteroatoms. The van der Waals surface area contributed by atoms with E-state index in [1.165, 1.54) is 11.1 Å². The first-order chi connectivity index (χ1) is 10.9. The third kappa shape index (κ3) is 3.88. The number of nitrogens with one attached hydrogen (secondary N) is 1. The van der Waals surface area contributed by atoms with Crippen LogP contribution in [0.3, 0.4) is 0 Å². The van der Waals surface area contributed by atoms with E-state index in [1.54, 1.807) is 17.6 Å². The van der Waals surface area contributed by atoms with Gasteiger partial charge in [0, 0.05) is 11.5 Å². The van der Waals surface area contributed by atoms with Gasteiger partial charge in [0.15, 0.2) is 0 Å². The molecule has 1 aromatic carbocycles. The number of carbonyl (C=O) groups is 1. The number of benzene rings is 1. The van der Waals surface area contributed by atoms with Crippen molar-refractivity contribution in [2.45, 2.75) is 38.5 Å². The standard InChI is InChI=1S/C19H22N2OS/c1-19(2,3)15-6-4-14(5-7-15)16-10-17(16)18(22)21-20-11-13-8-9-23-12-13/h4-9,11-12,16-17H,10H2,1-3H3,(H,21,22)/b20-11-/t16-,17+/m1/s1. The summed E-state index contributed by atoms with van der Waals surface area (Å²) in [5.41, 5.74) is 6.40. The normalized spacial score (nSPS) is 20.7.